The second-order valence-electron chi connectivity index (χ2n) is 3.95. The number of hydrogen-bond donors (Lipinski definition) is 0. The molecule has 0 N–H and O–H groups in total. The van der Waals surface area contributed by atoms with E-state index in [1.807, 2.05) is 4.90 Å². The van der Waals surface area contributed by atoms with E-state index >= 15 is 0 Å². The first-order chi connectivity index (χ1) is 6.77. The fourth-order valence-corrected chi connectivity index (χ4v) is 1.90. The molecule has 1 amide bonds. The van der Waals surface area contributed by atoms with Crippen LogP contribution in [0.2, 0.25) is 0 Å². The molecule has 0 spiro atoms. The van der Waals surface area contributed by atoms with Crippen molar-refractivity contribution in [3.63, 3.8) is 0 Å². The zero-order chi connectivity index (χ0) is 9.97. The van der Waals surface area contributed by atoms with E-state index in [2.05, 4.69) is 11.9 Å². The number of amides is 1. The maximum atomic E-state index is 11.9. The number of rotatable bonds is 0. The summed E-state index contributed by atoms with van der Waals surface area (Å²) in [6.45, 7) is 3.94. The number of piperidine rings is 1. The molecule has 1 unspecified atom stereocenters. The quantitative estimate of drug-likeness (QED) is 0.627. The van der Waals surface area contributed by atoms with Crippen molar-refractivity contribution in [1.82, 2.24) is 14.5 Å². The minimum atomic E-state index is 0.0500. The van der Waals surface area contributed by atoms with E-state index < -0.39 is 0 Å². The Morgan fingerprint density at radius 3 is 3.07 bits per heavy atom. The monoisotopic (exact) mass is 193 g/mol. The van der Waals surface area contributed by atoms with Crippen LogP contribution in [0.1, 0.15) is 19.8 Å². The van der Waals surface area contributed by atoms with Gasteiger partial charge < -0.3 is 4.90 Å². The first-order valence-electron chi connectivity index (χ1n) is 5.04. The topological polar surface area (TPSA) is 38.1 Å². The summed E-state index contributed by atoms with van der Waals surface area (Å²) in [7, 11) is 0. The highest BCUT2D eigenvalue weighted by Gasteiger charge is 2.21. The van der Waals surface area contributed by atoms with Gasteiger partial charge in [0.1, 0.15) is 6.33 Å². The SMILES string of the molecule is CC1CCCN(C(=O)n2ccnc2)C1. The lowest BCUT2D eigenvalue weighted by Crippen LogP contribution is -2.41. The Labute approximate surface area is 83.5 Å². The lowest BCUT2D eigenvalue weighted by molar-refractivity contribution is 0.171. The molecule has 0 saturated carbocycles. The van der Waals surface area contributed by atoms with Crippen molar-refractivity contribution in [2.45, 2.75) is 19.8 Å². The van der Waals surface area contributed by atoms with Gasteiger partial charge in [-0.1, -0.05) is 6.92 Å². The van der Waals surface area contributed by atoms with E-state index in [9.17, 15) is 4.79 Å². The second kappa shape index (κ2) is 3.82. The second-order valence-corrected chi connectivity index (χ2v) is 3.95. The zero-order valence-corrected chi connectivity index (χ0v) is 8.39. The Balaban J connectivity index is 2.04. The summed E-state index contributed by atoms with van der Waals surface area (Å²) in [5.41, 5.74) is 0. The van der Waals surface area contributed by atoms with Crippen LogP contribution in [-0.2, 0) is 0 Å². The van der Waals surface area contributed by atoms with Crippen molar-refractivity contribution >= 4 is 6.03 Å². The van der Waals surface area contributed by atoms with Crippen molar-refractivity contribution in [3.8, 4) is 0 Å². The van der Waals surface area contributed by atoms with Crippen LogP contribution in [0.15, 0.2) is 18.7 Å². The molecule has 2 heterocycles. The fourth-order valence-electron chi connectivity index (χ4n) is 1.90. The number of aromatic nitrogens is 2. The van der Waals surface area contributed by atoms with Crippen LogP contribution < -0.4 is 0 Å². The highest BCUT2D eigenvalue weighted by Crippen LogP contribution is 2.16. The summed E-state index contributed by atoms with van der Waals surface area (Å²) < 4.78 is 1.54. The van der Waals surface area contributed by atoms with Gasteiger partial charge in [-0.25, -0.2) is 9.78 Å². The number of imidazole rings is 1. The molecule has 2 rings (SSSR count). The van der Waals surface area contributed by atoms with Crippen LogP contribution in [0.5, 0.6) is 0 Å². The van der Waals surface area contributed by atoms with Crippen LogP contribution in [0, 0.1) is 5.92 Å². The Bertz CT molecular complexity index is 307. The lowest BCUT2D eigenvalue weighted by atomic mass is 10.0. The molecule has 1 saturated heterocycles. The number of carbonyl (C=O) groups is 1. The third-order valence-corrected chi connectivity index (χ3v) is 2.65. The molecule has 1 aliphatic rings. The molecule has 4 heteroatoms. The standard InChI is InChI=1S/C10H15N3O/c1-9-3-2-5-12(7-9)10(14)13-6-4-11-8-13/h4,6,8-9H,2-3,5,7H2,1H3. The molecule has 76 valence electrons. The van der Waals surface area contributed by atoms with Crippen molar-refractivity contribution in [2.24, 2.45) is 5.92 Å². The van der Waals surface area contributed by atoms with Gasteiger partial charge in [0.25, 0.3) is 0 Å². The van der Waals surface area contributed by atoms with Gasteiger partial charge in [0.05, 0.1) is 0 Å². The third kappa shape index (κ3) is 1.78. The van der Waals surface area contributed by atoms with Gasteiger partial charge in [-0.2, -0.15) is 0 Å². The van der Waals surface area contributed by atoms with Gasteiger partial charge in [-0.05, 0) is 18.8 Å². The normalized spacial score (nSPS) is 22.4. The average Bonchev–Trinajstić information content (AvgIpc) is 2.69. The molecule has 1 aromatic heterocycles. The van der Waals surface area contributed by atoms with Crippen molar-refractivity contribution in [3.05, 3.63) is 18.7 Å². The van der Waals surface area contributed by atoms with Crippen LogP contribution >= 0.6 is 0 Å². The van der Waals surface area contributed by atoms with Gasteiger partial charge in [0.2, 0.25) is 0 Å². The minimum absolute atomic E-state index is 0.0500. The number of carbonyl (C=O) groups excluding carboxylic acids is 1. The van der Waals surface area contributed by atoms with Crippen LogP contribution in [0.4, 0.5) is 4.79 Å². The van der Waals surface area contributed by atoms with E-state index in [4.69, 9.17) is 0 Å². The molecule has 0 aliphatic carbocycles. The maximum absolute atomic E-state index is 11.9. The lowest BCUT2D eigenvalue weighted by Gasteiger charge is -2.30. The first kappa shape index (κ1) is 9.24. The maximum Gasteiger partial charge on any atom is 0.329 e. The molecule has 0 aromatic carbocycles. The summed E-state index contributed by atoms with van der Waals surface area (Å²) in [5, 5.41) is 0. The molecule has 0 radical (unpaired) electrons. The van der Waals surface area contributed by atoms with Gasteiger partial charge >= 0.3 is 6.03 Å². The summed E-state index contributed by atoms with van der Waals surface area (Å²) in [4.78, 5) is 17.6. The Hall–Kier alpha value is -1.32. The van der Waals surface area contributed by atoms with Crippen molar-refractivity contribution in [1.29, 1.82) is 0 Å². The molecule has 1 atom stereocenters. The van der Waals surface area contributed by atoms with Gasteiger partial charge in [-0.3, -0.25) is 4.57 Å². The van der Waals surface area contributed by atoms with E-state index in [-0.39, 0.29) is 6.03 Å². The van der Waals surface area contributed by atoms with Crippen molar-refractivity contribution < 1.29 is 4.79 Å². The Morgan fingerprint density at radius 1 is 1.57 bits per heavy atom. The van der Waals surface area contributed by atoms with E-state index in [0.717, 1.165) is 19.5 Å². The minimum Gasteiger partial charge on any atom is -0.324 e. The highest BCUT2D eigenvalue weighted by molar-refractivity contribution is 5.76. The number of nitrogens with zero attached hydrogens (tertiary/aromatic N) is 3. The van der Waals surface area contributed by atoms with Gasteiger partial charge in [-0.15, -0.1) is 0 Å². The molecule has 1 aromatic rings. The van der Waals surface area contributed by atoms with Crippen molar-refractivity contribution in [2.75, 3.05) is 13.1 Å². The first-order valence-corrected chi connectivity index (χ1v) is 5.04. The predicted molar refractivity (Wildman–Crippen MR) is 53.0 cm³/mol. The molecule has 1 fully saturated rings. The molecule has 0 bridgehead atoms. The zero-order valence-electron chi connectivity index (χ0n) is 8.39. The van der Waals surface area contributed by atoms with E-state index in [1.54, 1.807) is 18.7 Å². The number of hydrogen-bond acceptors (Lipinski definition) is 2. The van der Waals surface area contributed by atoms with Gasteiger partial charge in [0.15, 0.2) is 0 Å². The van der Waals surface area contributed by atoms with E-state index in [0.29, 0.717) is 5.92 Å². The average molecular weight is 193 g/mol. The van der Waals surface area contributed by atoms with Crippen LogP contribution in [-0.4, -0.2) is 33.6 Å². The smallest absolute Gasteiger partial charge is 0.324 e. The predicted octanol–water partition coefficient (Wildman–Crippen LogP) is 1.58. The Kier molecular flexibility index (Phi) is 2.52. The van der Waals surface area contributed by atoms with Crippen LogP contribution in [0.25, 0.3) is 0 Å². The summed E-state index contributed by atoms with van der Waals surface area (Å²) >= 11 is 0. The molecular formula is C10H15N3O. The third-order valence-electron chi connectivity index (χ3n) is 2.65. The summed E-state index contributed by atoms with van der Waals surface area (Å²) in [5.74, 6) is 0.622. The summed E-state index contributed by atoms with van der Waals surface area (Å²) in [6.07, 6.45) is 7.23. The fraction of sp³-hybridized carbons (Fsp3) is 0.600. The Morgan fingerprint density at radius 2 is 2.43 bits per heavy atom. The van der Waals surface area contributed by atoms with Gasteiger partial charge in [0, 0.05) is 25.5 Å². The summed E-state index contributed by atoms with van der Waals surface area (Å²) in [6, 6.07) is 0.0500. The molecular weight excluding hydrogens is 178 g/mol. The molecule has 1 aliphatic heterocycles. The largest absolute Gasteiger partial charge is 0.329 e. The van der Waals surface area contributed by atoms with E-state index in [1.165, 1.54) is 11.0 Å². The number of likely N-dealkylation sites (tertiary alicyclic amines) is 1. The van der Waals surface area contributed by atoms with Crippen LogP contribution in [0.3, 0.4) is 0 Å². The molecule has 14 heavy (non-hydrogen) atoms. The highest BCUT2D eigenvalue weighted by atomic mass is 16.2. The molecule has 4 nitrogen and oxygen atoms in total.